The molecule has 186 valence electrons. The fourth-order valence-electron chi connectivity index (χ4n) is 2.80. The predicted octanol–water partition coefficient (Wildman–Crippen LogP) is 3.46. The van der Waals surface area contributed by atoms with Crippen LogP contribution >= 0.6 is 0 Å². The van der Waals surface area contributed by atoms with Gasteiger partial charge in [-0.25, -0.2) is 9.59 Å². The summed E-state index contributed by atoms with van der Waals surface area (Å²) in [4.78, 5) is 35.5. The molecule has 2 aromatic rings. The van der Waals surface area contributed by atoms with Gasteiger partial charge in [0.2, 0.25) is 0 Å². The van der Waals surface area contributed by atoms with E-state index < -0.39 is 24.0 Å². The van der Waals surface area contributed by atoms with Crippen LogP contribution in [0.4, 0.5) is 0 Å². The van der Waals surface area contributed by atoms with E-state index in [4.69, 9.17) is 28.4 Å². The first-order valence-electron chi connectivity index (χ1n) is 10.6. The van der Waals surface area contributed by atoms with Crippen LogP contribution in [0.15, 0.2) is 54.6 Å². The molecule has 1 unspecified atom stereocenters. The van der Waals surface area contributed by atoms with Crippen molar-refractivity contribution in [3.63, 3.8) is 0 Å². The lowest BCUT2D eigenvalue weighted by molar-refractivity contribution is -0.162. The Morgan fingerprint density at radius 1 is 0.743 bits per heavy atom. The van der Waals surface area contributed by atoms with Gasteiger partial charge < -0.3 is 28.4 Å². The van der Waals surface area contributed by atoms with Crippen LogP contribution in [0.25, 0.3) is 12.2 Å². The van der Waals surface area contributed by atoms with Gasteiger partial charge in [-0.15, -0.1) is 0 Å². The van der Waals surface area contributed by atoms with Gasteiger partial charge in [0.25, 0.3) is 0 Å². The molecule has 0 N–H and O–H groups in total. The summed E-state index contributed by atoms with van der Waals surface area (Å²) in [6.07, 6.45) is 4.61. The maximum Gasteiger partial charge on any atom is 0.330 e. The average Bonchev–Trinajstić information content (AvgIpc) is 2.87. The van der Waals surface area contributed by atoms with Crippen LogP contribution in [-0.2, 0) is 28.6 Å². The van der Waals surface area contributed by atoms with Crippen molar-refractivity contribution in [3.8, 4) is 17.2 Å². The van der Waals surface area contributed by atoms with Crippen molar-refractivity contribution in [3.05, 3.63) is 65.7 Å². The molecule has 0 bridgehead atoms. The number of ether oxygens (including phenoxy) is 6. The minimum Gasteiger partial charge on any atom is -0.497 e. The molecule has 0 aliphatic rings. The molecule has 0 spiro atoms. The van der Waals surface area contributed by atoms with Gasteiger partial charge in [0.1, 0.15) is 19.0 Å². The summed E-state index contributed by atoms with van der Waals surface area (Å²) in [5.74, 6) is -0.134. The molecule has 0 aliphatic heterocycles. The van der Waals surface area contributed by atoms with E-state index in [0.717, 1.165) is 5.56 Å². The quantitative estimate of drug-likeness (QED) is 0.254. The van der Waals surface area contributed by atoms with Crippen molar-refractivity contribution in [1.29, 1.82) is 0 Å². The number of rotatable bonds is 12. The third-order valence-corrected chi connectivity index (χ3v) is 4.50. The van der Waals surface area contributed by atoms with Crippen LogP contribution in [0, 0.1) is 0 Å². The zero-order valence-corrected chi connectivity index (χ0v) is 20.0. The summed E-state index contributed by atoms with van der Waals surface area (Å²) in [6.45, 7) is 0.638. The molecule has 1 atom stereocenters. The van der Waals surface area contributed by atoms with Crippen molar-refractivity contribution in [2.24, 2.45) is 0 Å². The summed E-state index contributed by atoms with van der Waals surface area (Å²) in [6, 6.07) is 12.2. The number of benzene rings is 2. The largest absolute Gasteiger partial charge is 0.497 e. The van der Waals surface area contributed by atoms with Crippen LogP contribution in [0.3, 0.4) is 0 Å². The Hall–Kier alpha value is -4.27. The highest BCUT2D eigenvalue weighted by molar-refractivity contribution is 5.87. The first-order chi connectivity index (χ1) is 16.8. The Balaban J connectivity index is 1.87. The van der Waals surface area contributed by atoms with Gasteiger partial charge in [-0.05, 0) is 47.5 Å². The standard InChI is InChI=1S/C26H28O9/c1-18(27)35-22(16-33-25(28)13-8-19-5-10-21(30-2)11-6-19)17-34-26(29)14-9-20-7-12-23(31-3)24(15-20)32-4/h5-15,22H,16-17H2,1-4H3/b13-8+,14-9+. The maximum absolute atomic E-state index is 12.1. The SMILES string of the molecule is COc1ccc(/C=C/C(=O)OCC(COC(=O)/C=C/c2ccc(OC)c(OC)c2)OC(C)=O)cc1. The van der Waals surface area contributed by atoms with Crippen molar-refractivity contribution >= 4 is 30.1 Å². The summed E-state index contributed by atoms with van der Waals surface area (Å²) in [5.41, 5.74) is 1.46. The van der Waals surface area contributed by atoms with Gasteiger partial charge in [0.05, 0.1) is 21.3 Å². The molecule has 0 aliphatic carbocycles. The number of methoxy groups -OCH3 is 3. The second kappa shape index (κ2) is 14.1. The normalized spacial score (nSPS) is 11.7. The summed E-state index contributed by atoms with van der Waals surface area (Å²) < 4.78 is 30.8. The van der Waals surface area contributed by atoms with Crippen molar-refractivity contribution in [2.45, 2.75) is 13.0 Å². The molecule has 0 amide bonds. The molecule has 0 heterocycles. The van der Waals surface area contributed by atoms with Crippen LogP contribution in [0.5, 0.6) is 17.2 Å². The molecule has 0 aromatic heterocycles. The lowest BCUT2D eigenvalue weighted by Gasteiger charge is -2.16. The zero-order valence-electron chi connectivity index (χ0n) is 20.0. The molecule has 35 heavy (non-hydrogen) atoms. The fraction of sp³-hybridized carbons (Fsp3) is 0.269. The van der Waals surface area contributed by atoms with Gasteiger partial charge in [-0.2, -0.15) is 0 Å². The Kier molecular flexibility index (Phi) is 10.9. The lowest BCUT2D eigenvalue weighted by Crippen LogP contribution is -2.29. The molecule has 0 fully saturated rings. The number of esters is 3. The van der Waals surface area contributed by atoms with Crippen LogP contribution in [0.1, 0.15) is 18.1 Å². The van der Waals surface area contributed by atoms with Crippen LogP contribution < -0.4 is 14.2 Å². The van der Waals surface area contributed by atoms with Gasteiger partial charge in [-0.3, -0.25) is 4.79 Å². The van der Waals surface area contributed by atoms with E-state index in [-0.39, 0.29) is 13.2 Å². The van der Waals surface area contributed by atoms with Crippen LogP contribution in [-0.4, -0.2) is 58.6 Å². The van der Waals surface area contributed by atoms with E-state index in [9.17, 15) is 14.4 Å². The minimum absolute atomic E-state index is 0.280. The smallest absolute Gasteiger partial charge is 0.330 e. The number of carbonyl (C=O) groups excluding carboxylic acids is 3. The third kappa shape index (κ3) is 9.63. The molecule has 0 radical (unpaired) electrons. The van der Waals surface area contributed by atoms with Crippen molar-refractivity contribution < 1.29 is 42.8 Å². The Morgan fingerprint density at radius 2 is 1.29 bits per heavy atom. The second-order valence-electron chi connectivity index (χ2n) is 7.05. The molecule has 9 nitrogen and oxygen atoms in total. The molecule has 0 saturated carbocycles. The third-order valence-electron chi connectivity index (χ3n) is 4.50. The monoisotopic (exact) mass is 484 g/mol. The molecular formula is C26H28O9. The molecule has 0 saturated heterocycles. The highest BCUT2D eigenvalue weighted by Gasteiger charge is 2.16. The van der Waals surface area contributed by atoms with E-state index in [2.05, 4.69) is 0 Å². The van der Waals surface area contributed by atoms with E-state index in [1.54, 1.807) is 55.7 Å². The van der Waals surface area contributed by atoms with Gasteiger partial charge >= 0.3 is 17.9 Å². The minimum atomic E-state index is -0.954. The molecular weight excluding hydrogens is 456 g/mol. The summed E-state index contributed by atoms with van der Waals surface area (Å²) >= 11 is 0. The topological polar surface area (TPSA) is 107 Å². The highest BCUT2D eigenvalue weighted by atomic mass is 16.6. The average molecular weight is 485 g/mol. The van der Waals surface area contributed by atoms with E-state index in [0.29, 0.717) is 22.8 Å². The first-order valence-corrected chi connectivity index (χ1v) is 10.6. The van der Waals surface area contributed by atoms with Crippen molar-refractivity contribution in [1.82, 2.24) is 0 Å². The number of hydrogen-bond donors (Lipinski definition) is 0. The second-order valence-corrected chi connectivity index (χ2v) is 7.05. The van der Waals surface area contributed by atoms with Crippen LogP contribution in [0.2, 0.25) is 0 Å². The Labute approximate surface area is 203 Å². The highest BCUT2D eigenvalue weighted by Crippen LogP contribution is 2.27. The Morgan fingerprint density at radius 3 is 1.80 bits per heavy atom. The van der Waals surface area contributed by atoms with Crippen molar-refractivity contribution in [2.75, 3.05) is 34.5 Å². The molecule has 9 heteroatoms. The van der Waals surface area contributed by atoms with E-state index >= 15 is 0 Å². The zero-order chi connectivity index (χ0) is 25.6. The van der Waals surface area contributed by atoms with Gasteiger partial charge in [0, 0.05) is 19.1 Å². The molecule has 2 rings (SSSR count). The number of carbonyl (C=O) groups is 3. The first kappa shape index (κ1) is 27.0. The number of hydrogen-bond acceptors (Lipinski definition) is 9. The predicted molar refractivity (Wildman–Crippen MR) is 128 cm³/mol. The Bertz CT molecular complexity index is 1050. The maximum atomic E-state index is 12.1. The summed E-state index contributed by atoms with van der Waals surface area (Å²) in [7, 11) is 4.60. The lowest BCUT2D eigenvalue weighted by atomic mass is 10.2. The van der Waals surface area contributed by atoms with Gasteiger partial charge in [0.15, 0.2) is 17.6 Å². The fourth-order valence-corrected chi connectivity index (χ4v) is 2.80. The van der Waals surface area contributed by atoms with E-state index in [1.807, 2.05) is 0 Å². The van der Waals surface area contributed by atoms with E-state index in [1.165, 1.54) is 39.4 Å². The van der Waals surface area contributed by atoms with Gasteiger partial charge in [-0.1, -0.05) is 18.2 Å². The summed E-state index contributed by atoms with van der Waals surface area (Å²) in [5, 5.41) is 0. The molecule has 2 aromatic carbocycles.